The van der Waals surface area contributed by atoms with Crippen molar-refractivity contribution in [2.75, 3.05) is 5.73 Å². The van der Waals surface area contributed by atoms with Gasteiger partial charge in [0.15, 0.2) is 6.29 Å². The van der Waals surface area contributed by atoms with Crippen LogP contribution in [-0.4, -0.2) is 16.5 Å². The number of rotatable bonds is 2. The Hall–Kier alpha value is -0.810. The second kappa shape index (κ2) is 3.74. The van der Waals surface area contributed by atoms with Crippen molar-refractivity contribution in [3.63, 3.8) is 0 Å². The Balaban J connectivity index is 3.32. The van der Waals surface area contributed by atoms with Crippen molar-refractivity contribution in [1.29, 1.82) is 0 Å². The van der Waals surface area contributed by atoms with Gasteiger partial charge >= 0.3 is 0 Å². The van der Waals surface area contributed by atoms with Crippen LogP contribution in [0.4, 0.5) is 5.69 Å². The van der Waals surface area contributed by atoms with Crippen molar-refractivity contribution in [3.8, 4) is 0 Å². The molecule has 0 bridgehead atoms. The maximum Gasteiger partial charge on any atom is 0.248 e. The van der Waals surface area contributed by atoms with Crippen molar-refractivity contribution >= 4 is 35.2 Å². The van der Waals surface area contributed by atoms with Crippen LogP contribution in [0.2, 0.25) is 10.0 Å². The van der Waals surface area contributed by atoms with Crippen LogP contribution in [0.15, 0.2) is 12.1 Å². The molecular weight excluding hydrogens is 229 g/mol. The lowest BCUT2D eigenvalue weighted by atomic mass is 10.1. The third-order valence-corrected chi connectivity index (χ3v) is 2.29. The summed E-state index contributed by atoms with van der Waals surface area (Å²) >= 11 is 11.3. The van der Waals surface area contributed by atoms with E-state index in [0.29, 0.717) is 0 Å². The predicted octanol–water partition coefficient (Wildman–Crippen LogP) is 0.912. The molecule has 4 N–H and O–H groups in total. The highest BCUT2D eigenvalue weighted by molar-refractivity contribution is 6.38. The van der Waals surface area contributed by atoms with Gasteiger partial charge in [0, 0.05) is 5.56 Å². The Morgan fingerprint density at radius 2 is 1.71 bits per heavy atom. The third kappa shape index (κ3) is 1.99. The highest BCUT2D eigenvalue weighted by Gasteiger charge is 2.26. The van der Waals surface area contributed by atoms with Gasteiger partial charge in [-0.2, -0.15) is 0 Å². The van der Waals surface area contributed by atoms with Gasteiger partial charge in [-0.25, -0.2) is 0 Å². The molecule has 1 aromatic carbocycles. The molecule has 76 valence electrons. The minimum Gasteiger partial charge on any atom is -0.396 e. The Labute approximate surface area is 89.9 Å². The van der Waals surface area contributed by atoms with E-state index in [1.54, 1.807) is 0 Å². The van der Waals surface area contributed by atoms with E-state index in [-0.39, 0.29) is 27.6 Å². The van der Waals surface area contributed by atoms with Crippen LogP contribution in [-0.2, 0) is 10.6 Å². The van der Waals surface area contributed by atoms with Crippen LogP contribution in [0.25, 0.3) is 0 Å². The van der Waals surface area contributed by atoms with Crippen LogP contribution >= 0.6 is 23.2 Å². The number of carbonyl (C=O) groups excluding carboxylic acids is 1. The van der Waals surface area contributed by atoms with Crippen LogP contribution in [0.1, 0.15) is 5.56 Å². The summed E-state index contributed by atoms with van der Waals surface area (Å²) in [6, 6.07) is 2.33. The summed E-state index contributed by atoms with van der Waals surface area (Å²) in [6.45, 7) is 0. The smallest absolute Gasteiger partial charge is 0.248 e. The van der Waals surface area contributed by atoms with Crippen LogP contribution in [0.3, 0.4) is 0 Å². The molecular formula is C8H7Cl2NO3. The molecule has 0 unspecified atom stereocenters. The normalized spacial score (nSPS) is 11.4. The summed E-state index contributed by atoms with van der Waals surface area (Å²) in [5.41, 5.74) is 5.42. The molecule has 14 heavy (non-hydrogen) atoms. The van der Waals surface area contributed by atoms with Crippen molar-refractivity contribution in [1.82, 2.24) is 0 Å². The number of benzene rings is 1. The third-order valence-electron chi connectivity index (χ3n) is 1.67. The number of aldehydes is 1. The molecule has 0 amide bonds. The Morgan fingerprint density at radius 3 is 2.07 bits per heavy atom. The molecule has 6 heteroatoms. The zero-order valence-electron chi connectivity index (χ0n) is 6.87. The zero-order chi connectivity index (χ0) is 10.9. The van der Waals surface area contributed by atoms with E-state index in [0.717, 1.165) is 12.1 Å². The highest BCUT2D eigenvalue weighted by atomic mass is 35.5. The van der Waals surface area contributed by atoms with Gasteiger partial charge in [-0.05, 0) is 12.1 Å². The second-order valence-corrected chi connectivity index (χ2v) is 3.51. The van der Waals surface area contributed by atoms with Crippen LogP contribution < -0.4 is 5.73 Å². The molecule has 0 atom stereocenters. The number of aliphatic hydroxyl groups is 2. The van der Waals surface area contributed by atoms with Gasteiger partial charge in [0.2, 0.25) is 5.79 Å². The van der Waals surface area contributed by atoms with Crippen LogP contribution in [0.5, 0.6) is 0 Å². The lowest BCUT2D eigenvalue weighted by molar-refractivity contribution is -0.173. The SMILES string of the molecule is Nc1c(Cl)cc(C(O)(O)C=O)cc1Cl. The lowest BCUT2D eigenvalue weighted by Gasteiger charge is -2.16. The van der Waals surface area contributed by atoms with Gasteiger partial charge in [0.25, 0.3) is 0 Å². The topological polar surface area (TPSA) is 83.6 Å². The average Bonchev–Trinajstić information content (AvgIpc) is 2.13. The minimum atomic E-state index is -2.60. The van der Waals surface area contributed by atoms with Crippen LogP contribution in [0, 0.1) is 0 Å². The van der Waals surface area contributed by atoms with E-state index in [1.807, 2.05) is 0 Å². The molecule has 0 aliphatic rings. The minimum absolute atomic E-state index is 0.0365. The number of anilines is 1. The fourth-order valence-electron chi connectivity index (χ4n) is 0.865. The Kier molecular flexibility index (Phi) is 3.01. The summed E-state index contributed by atoms with van der Waals surface area (Å²) < 4.78 is 0. The summed E-state index contributed by atoms with van der Waals surface area (Å²) in [4.78, 5) is 10.3. The van der Waals surface area contributed by atoms with E-state index in [1.165, 1.54) is 0 Å². The first kappa shape index (κ1) is 11.3. The van der Waals surface area contributed by atoms with Gasteiger partial charge in [0.1, 0.15) is 0 Å². The molecule has 0 aliphatic carbocycles. The predicted molar refractivity (Wildman–Crippen MR) is 53.1 cm³/mol. The molecule has 0 fully saturated rings. The molecule has 0 saturated carbocycles. The quantitative estimate of drug-likeness (QED) is 0.405. The summed E-state index contributed by atoms with van der Waals surface area (Å²) in [5, 5.41) is 18.4. The van der Waals surface area contributed by atoms with E-state index >= 15 is 0 Å². The number of nitrogens with two attached hydrogens (primary N) is 1. The maximum atomic E-state index is 10.3. The Bertz CT molecular complexity index is 356. The molecule has 0 radical (unpaired) electrons. The molecule has 0 aromatic heterocycles. The number of halogens is 2. The first-order chi connectivity index (χ1) is 6.38. The fourth-order valence-corrected chi connectivity index (χ4v) is 1.35. The number of nitrogen functional groups attached to an aromatic ring is 1. The summed E-state index contributed by atoms with van der Waals surface area (Å²) in [5.74, 6) is -2.60. The molecule has 0 heterocycles. The lowest BCUT2D eigenvalue weighted by Crippen LogP contribution is -2.26. The molecule has 0 spiro atoms. The van der Waals surface area contributed by atoms with Gasteiger partial charge in [-0.1, -0.05) is 23.2 Å². The first-order valence-corrected chi connectivity index (χ1v) is 4.30. The monoisotopic (exact) mass is 235 g/mol. The van der Waals surface area contributed by atoms with Gasteiger partial charge in [-0.15, -0.1) is 0 Å². The van der Waals surface area contributed by atoms with Crippen molar-refractivity contribution in [2.24, 2.45) is 0 Å². The zero-order valence-corrected chi connectivity index (χ0v) is 8.38. The maximum absolute atomic E-state index is 10.3. The van der Waals surface area contributed by atoms with E-state index < -0.39 is 5.79 Å². The average molecular weight is 236 g/mol. The number of hydrogen-bond acceptors (Lipinski definition) is 4. The van der Waals surface area contributed by atoms with Crippen molar-refractivity contribution in [3.05, 3.63) is 27.7 Å². The molecule has 0 aliphatic heterocycles. The van der Waals surface area contributed by atoms with Gasteiger partial charge in [0.05, 0.1) is 15.7 Å². The van der Waals surface area contributed by atoms with Crippen molar-refractivity contribution in [2.45, 2.75) is 5.79 Å². The summed E-state index contributed by atoms with van der Waals surface area (Å²) in [6.07, 6.45) is -0.0365. The van der Waals surface area contributed by atoms with Gasteiger partial charge < -0.3 is 15.9 Å². The second-order valence-electron chi connectivity index (χ2n) is 2.70. The summed E-state index contributed by atoms with van der Waals surface area (Å²) in [7, 11) is 0. The van der Waals surface area contributed by atoms with E-state index in [2.05, 4.69) is 0 Å². The van der Waals surface area contributed by atoms with E-state index in [4.69, 9.17) is 39.1 Å². The molecule has 4 nitrogen and oxygen atoms in total. The standard InChI is InChI=1S/C8H7Cl2NO3/c9-5-1-4(8(13,14)3-12)2-6(10)7(5)11/h1-3,13-14H,11H2. The number of hydrogen-bond donors (Lipinski definition) is 3. The first-order valence-electron chi connectivity index (χ1n) is 3.54. The van der Waals surface area contributed by atoms with E-state index in [9.17, 15) is 4.79 Å². The Morgan fingerprint density at radius 1 is 1.29 bits per heavy atom. The van der Waals surface area contributed by atoms with Gasteiger partial charge in [-0.3, -0.25) is 4.79 Å². The number of carbonyl (C=O) groups is 1. The van der Waals surface area contributed by atoms with Crippen molar-refractivity contribution < 1.29 is 15.0 Å². The molecule has 0 saturated heterocycles. The molecule has 1 rings (SSSR count). The highest BCUT2D eigenvalue weighted by Crippen LogP contribution is 2.31. The molecule has 1 aromatic rings. The largest absolute Gasteiger partial charge is 0.396 e. The fraction of sp³-hybridized carbons (Fsp3) is 0.125.